The van der Waals surface area contributed by atoms with Crippen molar-refractivity contribution in [3.8, 4) is 5.75 Å². The van der Waals surface area contributed by atoms with Gasteiger partial charge in [0.25, 0.3) is 0 Å². The van der Waals surface area contributed by atoms with E-state index in [9.17, 15) is 0 Å². The highest BCUT2D eigenvalue weighted by Gasteiger charge is 2.25. The Morgan fingerprint density at radius 1 is 1.12 bits per heavy atom. The highest BCUT2D eigenvalue weighted by Crippen LogP contribution is 2.39. The fourth-order valence-electron chi connectivity index (χ4n) is 2.59. The van der Waals surface area contributed by atoms with Gasteiger partial charge < -0.3 is 4.74 Å². The van der Waals surface area contributed by atoms with Gasteiger partial charge in [0, 0.05) is 10.7 Å². The molecule has 1 saturated carbocycles. The molecule has 88 valence electrons. The Morgan fingerprint density at radius 2 is 1.88 bits per heavy atom. The minimum atomic E-state index is 0.603. The van der Waals surface area contributed by atoms with Crippen molar-refractivity contribution >= 4 is 15.9 Å². The van der Waals surface area contributed by atoms with E-state index < -0.39 is 0 Å². The van der Waals surface area contributed by atoms with Gasteiger partial charge in [-0.2, -0.15) is 0 Å². The highest BCUT2D eigenvalue weighted by molar-refractivity contribution is 9.09. The molecule has 1 aliphatic carbocycles. The normalized spacial score (nSPS) is 26.1. The van der Waals surface area contributed by atoms with Crippen LogP contribution in [-0.4, -0.2) is 11.9 Å². The molecule has 1 fully saturated rings. The molecule has 1 aromatic carbocycles. The number of hydrogen-bond acceptors (Lipinski definition) is 1. The van der Waals surface area contributed by atoms with Crippen LogP contribution in [0.3, 0.4) is 0 Å². The minimum absolute atomic E-state index is 0.603. The minimum Gasteiger partial charge on any atom is -0.496 e. The van der Waals surface area contributed by atoms with Gasteiger partial charge in [0.05, 0.1) is 7.11 Å². The Kier molecular flexibility index (Phi) is 4.28. The summed E-state index contributed by atoms with van der Waals surface area (Å²) in [5.74, 6) is 1.65. The fourth-order valence-corrected chi connectivity index (χ4v) is 3.46. The Morgan fingerprint density at radius 3 is 2.69 bits per heavy atom. The number of methoxy groups -OCH3 is 1. The maximum absolute atomic E-state index is 5.47. The lowest BCUT2D eigenvalue weighted by atomic mass is 9.91. The molecular formula is C14H19BrO. The van der Waals surface area contributed by atoms with E-state index in [1.165, 1.54) is 37.7 Å². The lowest BCUT2D eigenvalue weighted by Gasteiger charge is -2.22. The maximum atomic E-state index is 5.47. The Bertz CT molecular complexity index is 337. The van der Waals surface area contributed by atoms with Gasteiger partial charge >= 0.3 is 0 Å². The fraction of sp³-hybridized carbons (Fsp3) is 0.571. The van der Waals surface area contributed by atoms with E-state index in [-0.39, 0.29) is 0 Å². The molecule has 0 spiro atoms. The van der Waals surface area contributed by atoms with Gasteiger partial charge in [-0.05, 0) is 24.5 Å². The zero-order valence-corrected chi connectivity index (χ0v) is 11.4. The summed E-state index contributed by atoms with van der Waals surface area (Å²) in [6.45, 7) is 0. The van der Waals surface area contributed by atoms with Crippen LogP contribution < -0.4 is 4.74 Å². The molecule has 2 unspecified atom stereocenters. The number of benzene rings is 1. The topological polar surface area (TPSA) is 9.23 Å². The molecule has 1 nitrogen and oxygen atoms in total. The first kappa shape index (κ1) is 12.0. The maximum Gasteiger partial charge on any atom is 0.122 e. The zero-order chi connectivity index (χ0) is 11.4. The molecule has 0 heterocycles. The molecule has 0 radical (unpaired) electrons. The van der Waals surface area contributed by atoms with Crippen LogP contribution >= 0.6 is 15.9 Å². The molecule has 0 N–H and O–H groups in total. The lowest BCUT2D eigenvalue weighted by molar-refractivity contribution is 0.403. The van der Waals surface area contributed by atoms with Crippen LogP contribution in [0, 0.1) is 0 Å². The third kappa shape index (κ3) is 2.60. The third-order valence-electron chi connectivity index (χ3n) is 3.47. The van der Waals surface area contributed by atoms with E-state index in [2.05, 4.69) is 34.1 Å². The van der Waals surface area contributed by atoms with Gasteiger partial charge in [-0.1, -0.05) is 53.4 Å². The molecule has 0 saturated heterocycles. The molecule has 2 heteroatoms. The SMILES string of the molecule is COc1ccccc1C1CCCCCC1Br. The van der Waals surface area contributed by atoms with Crippen molar-refractivity contribution in [3.05, 3.63) is 29.8 Å². The van der Waals surface area contributed by atoms with Crippen molar-refractivity contribution in [2.75, 3.05) is 7.11 Å². The average Bonchev–Trinajstić information content (AvgIpc) is 2.54. The molecule has 1 aliphatic rings. The van der Waals surface area contributed by atoms with Crippen LogP contribution in [0.25, 0.3) is 0 Å². The van der Waals surface area contributed by atoms with Crippen LogP contribution in [0.4, 0.5) is 0 Å². The summed E-state index contributed by atoms with van der Waals surface area (Å²) in [6, 6.07) is 8.44. The number of ether oxygens (including phenoxy) is 1. The quantitative estimate of drug-likeness (QED) is 0.573. The summed E-state index contributed by atoms with van der Waals surface area (Å²) in [5, 5.41) is 0. The first-order valence-electron chi connectivity index (χ1n) is 6.10. The molecule has 2 atom stereocenters. The van der Waals surface area contributed by atoms with Crippen molar-refractivity contribution in [3.63, 3.8) is 0 Å². The smallest absolute Gasteiger partial charge is 0.122 e. The first-order valence-corrected chi connectivity index (χ1v) is 7.01. The predicted octanol–water partition coefficient (Wildman–Crippen LogP) is 4.51. The van der Waals surface area contributed by atoms with Crippen LogP contribution in [0.1, 0.15) is 43.6 Å². The second kappa shape index (κ2) is 5.72. The van der Waals surface area contributed by atoms with E-state index >= 15 is 0 Å². The molecule has 1 aromatic rings. The van der Waals surface area contributed by atoms with E-state index in [1.807, 2.05) is 6.07 Å². The third-order valence-corrected chi connectivity index (χ3v) is 4.57. The average molecular weight is 283 g/mol. The number of halogens is 1. The largest absolute Gasteiger partial charge is 0.496 e. The van der Waals surface area contributed by atoms with Gasteiger partial charge in [-0.3, -0.25) is 0 Å². The van der Waals surface area contributed by atoms with Crippen molar-refractivity contribution < 1.29 is 4.74 Å². The second-order valence-corrected chi connectivity index (χ2v) is 5.68. The summed E-state index contributed by atoms with van der Waals surface area (Å²) in [4.78, 5) is 0.603. The van der Waals surface area contributed by atoms with Crippen molar-refractivity contribution in [1.29, 1.82) is 0 Å². The number of rotatable bonds is 2. The summed E-state index contributed by atoms with van der Waals surface area (Å²) in [6.07, 6.45) is 6.61. The van der Waals surface area contributed by atoms with Gasteiger partial charge in [0.2, 0.25) is 0 Å². The summed E-state index contributed by atoms with van der Waals surface area (Å²) in [5.41, 5.74) is 1.37. The van der Waals surface area contributed by atoms with Crippen LogP contribution in [0.2, 0.25) is 0 Å². The zero-order valence-electron chi connectivity index (χ0n) is 9.79. The number of alkyl halides is 1. The van der Waals surface area contributed by atoms with Gasteiger partial charge in [-0.15, -0.1) is 0 Å². The Hall–Kier alpha value is -0.500. The molecule has 0 bridgehead atoms. The van der Waals surface area contributed by atoms with E-state index in [0.29, 0.717) is 10.7 Å². The first-order chi connectivity index (χ1) is 7.83. The lowest BCUT2D eigenvalue weighted by Crippen LogP contribution is -2.11. The van der Waals surface area contributed by atoms with Crippen LogP contribution in [0.15, 0.2) is 24.3 Å². The molecule has 0 aromatic heterocycles. The van der Waals surface area contributed by atoms with Gasteiger partial charge in [0.15, 0.2) is 0 Å². The monoisotopic (exact) mass is 282 g/mol. The molecule has 0 amide bonds. The number of hydrogen-bond donors (Lipinski definition) is 0. The van der Waals surface area contributed by atoms with E-state index in [4.69, 9.17) is 4.74 Å². The van der Waals surface area contributed by atoms with Gasteiger partial charge in [-0.25, -0.2) is 0 Å². The second-order valence-electron chi connectivity index (χ2n) is 4.50. The van der Waals surface area contributed by atoms with Crippen molar-refractivity contribution in [2.45, 2.75) is 42.8 Å². The molecule has 16 heavy (non-hydrogen) atoms. The molecule has 2 rings (SSSR count). The highest BCUT2D eigenvalue weighted by atomic mass is 79.9. The van der Waals surface area contributed by atoms with E-state index in [1.54, 1.807) is 7.11 Å². The summed E-state index contributed by atoms with van der Waals surface area (Å²) in [7, 11) is 1.76. The van der Waals surface area contributed by atoms with E-state index in [0.717, 1.165) is 5.75 Å². The summed E-state index contributed by atoms with van der Waals surface area (Å²) < 4.78 is 5.47. The number of para-hydroxylation sites is 1. The Balaban J connectivity index is 2.26. The van der Waals surface area contributed by atoms with Gasteiger partial charge in [0.1, 0.15) is 5.75 Å². The molecule has 0 aliphatic heterocycles. The van der Waals surface area contributed by atoms with Crippen molar-refractivity contribution in [1.82, 2.24) is 0 Å². The Labute approximate surface area is 106 Å². The van der Waals surface area contributed by atoms with Crippen LogP contribution in [0.5, 0.6) is 5.75 Å². The summed E-state index contributed by atoms with van der Waals surface area (Å²) >= 11 is 3.85. The van der Waals surface area contributed by atoms with Crippen LogP contribution in [-0.2, 0) is 0 Å². The predicted molar refractivity (Wildman–Crippen MR) is 71.5 cm³/mol. The standard InChI is InChI=1S/C14H19BrO/c1-16-14-10-6-5-8-12(14)11-7-3-2-4-9-13(11)15/h5-6,8,10-11,13H,2-4,7,9H2,1H3. The van der Waals surface area contributed by atoms with Crippen molar-refractivity contribution in [2.24, 2.45) is 0 Å². The molecular weight excluding hydrogens is 264 g/mol.